The number of β-amino-alcohol motifs (C(OH)–C–C–N with tert-alkyl or cyclic N) is 1. The molecule has 1 aromatic carbocycles. The largest absolute Gasteiger partial charge is 0.496 e. The van der Waals surface area contributed by atoms with Crippen molar-refractivity contribution in [1.82, 2.24) is 4.90 Å². The lowest BCUT2D eigenvalue weighted by Crippen LogP contribution is -2.48. The second kappa shape index (κ2) is 6.07. The molecule has 20 heavy (non-hydrogen) atoms. The molecular formula is C14H17ClINO3. The van der Waals surface area contributed by atoms with E-state index >= 15 is 0 Å². The van der Waals surface area contributed by atoms with Crippen LogP contribution in [-0.4, -0.2) is 41.7 Å². The topological polar surface area (TPSA) is 49.8 Å². The minimum atomic E-state index is -0.825. The van der Waals surface area contributed by atoms with E-state index < -0.39 is 5.60 Å². The maximum Gasteiger partial charge on any atom is 0.257 e. The smallest absolute Gasteiger partial charge is 0.257 e. The van der Waals surface area contributed by atoms with Crippen LogP contribution in [-0.2, 0) is 0 Å². The van der Waals surface area contributed by atoms with E-state index in [-0.39, 0.29) is 5.91 Å². The summed E-state index contributed by atoms with van der Waals surface area (Å²) in [5, 5.41) is 10.6. The minimum absolute atomic E-state index is 0.153. The van der Waals surface area contributed by atoms with Crippen LogP contribution in [0, 0.1) is 3.57 Å². The summed E-state index contributed by atoms with van der Waals surface area (Å²) in [5.74, 6) is 0.356. The fourth-order valence-corrected chi connectivity index (χ4v) is 3.03. The number of likely N-dealkylation sites (tertiary alicyclic amines) is 1. The van der Waals surface area contributed by atoms with Crippen molar-refractivity contribution in [2.75, 3.05) is 20.2 Å². The zero-order chi connectivity index (χ0) is 14.9. The molecule has 1 aliphatic rings. The number of rotatable bonds is 2. The SMILES string of the molecule is COc1cc(I)c(Cl)cc1C(=O)N1CCCC(C)(O)C1. The zero-order valence-electron chi connectivity index (χ0n) is 11.4. The molecule has 1 aliphatic heterocycles. The molecule has 0 radical (unpaired) electrons. The molecule has 0 bridgehead atoms. The van der Waals surface area contributed by atoms with Gasteiger partial charge in [0, 0.05) is 16.7 Å². The molecule has 2 rings (SSSR count). The van der Waals surface area contributed by atoms with Crippen LogP contribution in [0.4, 0.5) is 0 Å². The van der Waals surface area contributed by atoms with Crippen LogP contribution in [0.3, 0.4) is 0 Å². The van der Waals surface area contributed by atoms with E-state index in [1.807, 2.05) is 0 Å². The van der Waals surface area contributed by atoms with E-state index in [1.165, 1.54) is 7.11 Å². The first-order valence-corrected chi connectivity index (χ1v) is 7.84. The molecule has 1 aromatic rings. The molecule has 0 saturated carbocycles. The number of amides is 1. The third-order valence-electron chi connectivity index (χ3n) is 3.43. The highest BCUT2D eigenvalue weighted by Crippen LogP contribution is 2.30. The Kier molecular flexibility index (Phi) is 4.81. The molecule has 0 spiro atoms. The average molecular weight is 410 g/mol. The van der Waals surface area contributed by atoms with Crippen LogP contribution in [0.15, 0.2) is 12.1 Å². The average Bonchev–Trinajstić information content (AvgIpc) is 2.39. The van der Waals surface area contributed by atoms with Gasteiger partial charge in [0.1, 0.15) is 5.75 Å². The summed E-state index contributed by atoms with van der Waals surface area (Å²) in [6, 6.07) is 3.38. The number of carbonyl (C=O) groups excluding carboxylic acids is 1. The first-order valence-electron chi connectivity index (χ1n) is 6.39. The number of methoxy groups -OCH3 is 1. The van der Waals surface area contributed by atoms with Crippen molar-refractivity contribution in [3.8, 4) is 5.75 Å². The van der Waals surface area contributed by atoms with Gasteiger partial charge in [-0.3, -0.25) is 4.79 Å². The van der Waals surface area contributed by atoms with Gasteiger partial charge in [-0.25, -0.2) is 0 Å². The van der Waals surface area contributed by atoms with Crippen LogP contribution in [0.25, 0.3) is 0 Å². The van der Waals surface area contributed by atoms with Crippen molar-refractivity contribution in [1.29, 1.82) is 0 Å². The summed E-state index contributed by atoms with van der Waals surface area (Å²) in [5.41, 5.74) is -0.385. The van der Waals surface area contributed by atoms with E-state index in [1.54, 1.807) is 24.0 Å². The number of hydrogen-bond donors (Lipinski definition) is 1. The molecule has 1 amide bonds. The molecule has 6 heteroatoms. The third kappa shape index (κ3) is 3.38. The quantitative estimate of drug-likeness (QED) is 0.764. The van der Waals surface area contributed by atoms with Crippen LogP contribution >= 0.6 is 34.2 Å². The molecule has 110 valence electrons. The molecule has 1 unspecified atom stereocenters. The number of hydrogen-bond acceptors (Lipinski definition) is 3. The lowest BCUT2D eigenvalue weighted by molar-refractivity contribution is -0.0108. The number of piperidine rings is 1. The number of ether oxygens (including phenoxy) is 1. The van der Waals surface area contributed by atoms with Crippen LogP contribution in [0.2, 0.25) is 5.02 Å². The van der Waals surface area contributed by atoms with E-state index in [4.69, 9.17) is 16.3 Å². The van der Waals surface area contributed by atoms with Gasteiger partial charge in [0.2, 0.25) is 0 Å². The van der Waals surface area contributed by atoms with Gasteiger partial charge in [0.25, 0.3) is 5.91 Å². The fraction of sp³-hybridized carbons (Fsp3) is 0.500. The molecule has 1 heterocycles. The molecule has 1 fully saturated rings. The van der Waals surface area contributed by atoms with Gasteiger partial charge >= 0.3 is 0 Å². The normalized spacial score (nSPS) is 22.8. The molecular weight excluding hydrogens is 393 g/mol. The Morgan fingerprint density at radius 1 is 1.55 bits per heavy atom. The van der Waals surface area contributed by atoms with E-state index in [0.717, 1.165) is 9.99 Å². The predicted octanol–water partition coefficient (Wildman–Crippen LogP) is 2.94. The molecule has 0 aromatic heterocycles. The Labute approximate surface area is 137 Å². The first kappa shape index (κ1) is 15.9. The number of carbonyl (C=O) groups is 1. The van der Waals surface area contributed by atoms with Crippen molar-refractivity contribution in [2.24, 2.45) is 0 Å². The Morgan fingerprint density at radius 2 is 2.25 bits per heavy atom. The number of halogens is 2. The van der Waals surface area contributed by atoms with Crippen LogP contribution < -0.4 is 4.74 Å². The Bertz CT molecular complexity index is 533. The maximum absolute atomic E-state index is 12.6. The monoisotopic (exact) mass is 409 g/mol. The summed E-state index contributed by atoms with van der Waals surface area (Å²) < 4.78 is 6.11. The summed E-state index contributed by atoms with van der Waals surface area (Å²) in [6.07, 6.45) is 1.50. The predicted molar refractivity (Wildman–Crippen MR) is 86.5 cm³/mol. The van der Waals surface area contributed by atoms with Gasteiger partial charge in [-0.15, -0.1) is 0 Å². The zero-order valence-corrected chi connectivity index (χ0v) is 14.4. The Balaban J connectivity index is 2.31. The lowest BCUT2D eigenvalue weighted by Gasteiger charge is -2.37. The second-order valence-electron chi connectivity index (χ2n) is 5.29. The van der Waals surface area contributed by atoms with Crippen molar-refractivity contribution in [3.63, 3.8) is 0 Å². The van der Waals surface area contributed by atoms with E-state index in [0.29, 0.717) is 35.8 Å². The summed E-state index contributed by atoms with van der Waals surface area (Å²) in [4.78, 5) is 14.3. The second-order valence-corrected chi connectivity index (χ2v) is 6.86. The number of aliphatic hydroxyl groups is 1. The maximum atomic E-state index is 12.6. The number of benzene rings is 1. The van der Waals surface area contributed by atoms with Gasteiger partial charge in [-0.05, 0) is 54.5 Å². The first-order chi connectivity index (χ1) is 9.34. The molecule has 0 aliphatic carbocycles. The molecule has 1 atom stereocenters. The van der Waals surface area contributed by atoms with Crippen LogP contribution in [0.1, 0.15) is 30.1 Å². The van der Waals surface area contributed by atoms with Crippen molar-refractivity contribution in [3.05, 3.63) is 26.3 Å². The Hall–Kier alpha value is -0.530. The van der Waals surface area contributed by atoms with Gasteiger partial charge < -0.3 is 14.7 Å². The standard InChI is InChI=1S/C14H17ClINO3/c1-14(19)4-3-5-17(8-14)13(18)9-6-10(15)11(16)7-12(9)20-2/h6-7,19H,3-5,8H2,1-2H3. The van der Waals surface area contributed by atoms with Gasteiger partial charge in [-0.1, -0.05) is 11.6 Å². The fourth-order valence-electron chi connectivity index (χ4n) is 2.43. The highest BCUT2D eigenvalue weighted by molar-refractivity contribution is 14.1. The van der Waals surface area contributed by atoms with Gasteiger partial charge in [-0.2, -0.15) is 0 Å². The number of nitrogens with zero attached hydrogens (tertiary/aromatic N) is 1. The highest BCUT2D eigenvalue weighted by atomic mass is 127. The van der Waals surface area contributed by atoms with Gasteiger partial charge in [0.05, 0.1) is 23.3 Å². The summed E-state index contributed by atoms with van der Waals surface area (Å²) in [7, 11) is 1.53. The lowest BCUT2D eigenvalue weighted by atomic mass is 9.94. The van der Waals surface area contributed by atoms with Crippen LogP contribution in [0.5, 0.6) is 5.75 Å². The Morgan fingerprint density at radius 3 is 2.85 bits per heavy atom. The highest BCUT2D eigenvalue weighted by Gasteiger charge is 2.32. The van der Waals surface area contributed by atoms with Crippen molar-refractivity contribution < 1.29 is 14.6 Å². The molecule has 1 N–H and O–H groups in total. The van der Waals surface area contributed by atoms with Crippen molar-refractivity contribution >= 4 is 40.1 Å². The molecule has 4 nitrogen and oxygen atoms in total. The summed E-state index contributed by atoms with van der Waals surface area (Å²) in [6.45, 7) is 2.73. The molecule has 1 saturated heterocycles. The van der Waals surface area contributed by atoms with Crippen molar-refractivity contribution in [2.45, 2.75) is 25.4 Å². The van der Waals surface area contributed by atoms with E-state index in [9.17, 15) is 9.90 Å². The van der Waals surface area contributed by atoms with E-state index in [2.05, 4.69) is 22.6 Å². The summed E-state index contributed by atoms with van der Waals surface area (Å²) >= 11 is 8.20. The minimum Gasteiger partial charge on any atom is -0.496 e. The van der Waals surface area contributed by atoms with Gasteiger partial charge in [0.15, 0.2) is 0 Å². The third-order valence-corrected chi connectivity index (χ3v) is 4.96.